The topological polar surface area (TPSA) is 41.1 Å². The molecule has 3 atom stereocenters. The average molecular weight is 260 g/mol. The molecule has 0 aromatic rings. The van der Waals surface area contributed by atoms with E-state index in [-0.39, 0.29) is 24.0 Å². The first-order valence-corrected chi connectivity index (χ1v) is 6.68. The van der Waals surface area contributed by atoms with E-state index in [9.17, 15) is 4.79 Å². The van der Waals surface area contributed by atoms with Crippen molar-refractivity contribution < 1.29 is 4.79 Å². The van der Waals surface area contributed by atoms with Gasteiger partial charge in [-0.1, -0.05) is 43.4 Å². The highest BCUT2D eigenvalue weighted by molar-refractivity contribution is 5.80. The smallest absolute Gasteiger partial charge is 0.225 e. The van der Waals surface area contributed by atoms with E-state index in [1.807, 2.05) is 58.1 Å². The summed E-state index contributed by atoms with van der Waals surface area (Å²) < 4.78 is 0. The van der Waals surface area contributed by atoms with Gasteiger partial charge in [-0.2, -0.15) is 0 Å². The number of hydrogen-bond acceptors (Lipinski definition) is 2. The van der Waals surface area contributed by atoms with E-state index in [2.05, 4.69) is 17.2 Å². The summed E-state index contributed by atoms with van der Waals surface area (Å²) in [6.07, 6.45) is 9.85. The van der Waals surface area contributed by atoms with Crippen molar-refractivity contribution >= 4 is 5.91 Å². The Labute approximate surface area is 116 Å². The number of rotatable bonds is 4. The molecule has 2 N–H and O–H groups in total. The second kappa shape index (κ2) is 7.10. The first-order valence-electron chi connectivity index (χ1n) is 6.68. The van der Waals surface area contributed by atoms with Crippen molar-refractivity contribution in [3.05, 3.63) is 48.1 Å². The van der Waals surface area contributed by atoms with Crippen LogP contribution in [0.15, 0.2) is 48.1 Å². The van der Waals surface area contributed by atoms with Crippen LogP contribution in [0.4, 0.5) is 0 Å². The van der Waals surface area contributed by atoms with Crippen LogP contribution in [0.2, 0.25) is 0 Å². The molecule has 0 aromatic carbocycles. The molecule has 0 bridgehead atoms. The monoisotopic (exact) mass is 260 g/mol. The van der Waals surface area contributed by atoms with Gasteiger partial charge in [0.2, 0.25) is 5.91 Å². The van der Waals surface area contributed by atoms with Crippen molar-refractivity contribution in [1.29, 1.82) is 0 Å². The van der Waals surface area contributed by atoms with E-state index in [4.69, 9.17) is 0 Å². The summed E-state index contributed by atoms with van der Waals surface area (Å²) in [6, 6.07) is 0.179. The van der Waals surface area contributed by atoms with Crippen LogP contribution >= 0.6 is 0 Å². The summed E-state index contributed by atoms with van der Waals surface area (Å²) in [5.74, 6) is 0.1000. The third-order valence-electron chi connectivity index (χ3n) is 3.16. The maximum absolute atomic E-state index is 11.7. The number of amides is 1. The van der Waals surface area contributed by atoms with Crippen LogP contribution in [0.5, 0.6) is 0 Å². The molecule has 104 valence electrons. The van der Waals surface area contributed by atoms with Gasteiger partial charge in [0.25, 0.3) is 0 Å². The number of allylic oxidation sites excluding steroid dienone is 6. The van der Waals surface area contributed by atoms with E-state index >= 15 is 0 Å². The maximum atomic E-state index is 11.7. The molecule has 0 aliphatic carbocycles. The van der Waals surface area contributed by atoms with Crippen molar-refractivity contribution in [2.24, 2.45) is 5.92 Å². The maximum Gasteiger partial charge on any atom is 0.225 e. The zero-order valence-electron chi connectivity index (χ0n) is 12.2. The van der Waals surface area contributed by atoms with Gasteiger partial charge in [0.1, 0.15) is 0 Å². The molecule has 1 saturated heterocycles. The lowest BCUT2D eigenvalue weighted by molar-refractivity contribution is -0.128. The summed E-state index contributed by atoms with van der Waals surface area (Å²) in [5.41, 5.74) is 2.07. The first-order chi connectivity index (χ1) is 8.93. The average Bonchev–Trinajstić information content (AvgIpc) is 2.32. The van der Waals surface area contributed by atoms with Crippen LogP contribution in [0.3, 0.4) is 0 Å². The van der Waals surface area contributed by atoms with E-state index < -0.39 is 0 Å². The number of nitrogens with one attached hydrogen (secondary N) is 2. The molecule has 0 saturated carbocycles. The Morgan fingerprint density at radius 3 is 2.53 bits per heavy atom. The van der Waals surface area contributed by atoms with Crippen molar-refractivity contribution in [2.45, 2.75) is 39.9 Å². The van der Waals surface area contributed by atoms with E-state index in [0.717, 1.165) is 11.1 Å². The predicted octanol–water partition coefficient (Wildman–Crippen LogP) is 2.69. The zero-order chi connectivity index (χ0) is 14.4. The van der Waals surface area contributed by atoms with Gasteiger partial charge in [-0.25, -0.2) is 0 Å². The lowest BCUT2D eigenvalue weighted by Gasteiger charge is -2.32. The third-order valence-corrected chi connectivity index (χ3v) is 3.16. The van der Waals surface area contributed by atoms with Crippen LogP contribution in [-0.4, -0.2) is 18.1 Å². The Hall–Kier alpha value is -1.61. The summed E-state index contributed by atoms with van der Waals surface area (Å²) in [4.78, 5) is 11.7. The van der Waals surface area contributed by atoms with Crippen LogP contribution in [0.1, 0.15) is 27.7 Å². The molecule has 1 fully saturated rings. The van der Waals surface area contributed by atoms with E-state index in [1.165, 1.54) is 0 Å². The minimum Gasteiger partial charge on any atom is -0.337 e. The van der Waals surface area contributed by atoms with E-state index in [0.29, 0.717) is 0 Å². The second-order valence-electron chi connectivity index (χ2n) is 5.08. The van der Waals surface area contributed by atoms with Gasteiger partial charge in [-0.15, -0.1) is 0 Å². The Balaban J connectivity index is 2.75. The quantitative estimate of drug-likeness (QED) is 0.763. The highest BCUT2D eigenvalue weighted by Crippen LogP contribution is 2.10. The lowest BCUT2D eigenvalue weighted by atomic mass is 9.99. The van der Waals surface area contributed by atoms with Gasteiger partial charge in [0.15, 0.2) is 0 Å². The van der Waals surface area contributed by atoms with Crippen molar-refractivity contribution in [3.63, 3.8) is 0 Å². The van der Waals surface area contributed by atoms with Gasteiger partial charge < -0.3 is 5.32 Å². The number of carbonyl (C=O) groups excluding carboxylic acids is 1. The van der Waals surface area contributed by atoms with Crippen LogP contribution in [0, 0.1) is 5.92 Å². The van der Waals surface area contributed by atoms with Gasteiger partial charge in [-0.3, -0.25) is 10.1 Å². The van der Waals surface area contributed by atoms with Gasteiger partial charge in [0.05, 0.1) is 12.1 Å². The van der Waals surface area contributed by atoms with Crippen LogP contribution in [0.25, 0.3) is 0 Å². The Kier molecular flexibility index (Phi) is 5.77. The summed E-state index contributed by atoms with van der Waals surface area (Å²) >= 11 is 0. The van der Waals surface area contributed by atoms with E-state index in [1.54, 1.807) is 0 Å². The summed E-state index contributed by atoms with van der Waals surface area (Å²) in [6.45, 7) is 11.8. The molecule has 1 aliphatic rings. The summed E-state index contributed by atoms with van der Waals surface area (Å²) in [7, 11) is 0. The molecule has 19 heavy (non-hydrogen) atoms. The lowest BCUT2D eigenvalue weighted by Crippen LogP contribution is -2.58. The van der Waals surface area contributed by atoms with Gasteiger partial charge in [0, 0.05) is 6.04 Å². The Morgan fingerprint density at radius 1 is 1.32 bits per heavy atom. The van der Waals surface area contributed by atoms with Crippen molar-refractivity contribution in [1.82, 2.24) is 10.6 Å². The molecule has 0 spiro atoms. The molecule has 1 aliphatic heterocycles. The molecular weight excluding hydrogens is 236 g/mol. The molecular formula is C16H24N2O. The number of carbonyl (C=O) groups is 1. The normalized spacial score (nSPS) is 28.9. The Morgan fingerprint density at radius 2 is 2.00 bits per heavy atom. The molecule has 0 aromatic heterocycles. The molecule has 3 heteroatoms. The number of hydrogen-bond donors (Lipinski definition) is 2. The highest BCUT2D eigenvalue weighted by atomic mass is 16.2. The first kappa shape index (κ1) is 15.4. The Bertz CT molecular complexity index is 432. The van der Waals surface area contributed by atoms with Crippen molar-refractivity contribution in [3.8, 4) is 0 Å². The zero-order valence-corrected chi connectivity index (χ0v) is 12.2. The highest BCUT2D eigenvalue weighted by Gasteiger charge is 2.28. The molecule has 1 heterocycles. The van der Waals surface area contributed by atoms with Crippen LogP contribution in [-0.2, 0) is 4.79 Å². The standard InChI is InChI=1S/C16H24N2O/c1-6-7-14(10-11(2)3)8-9-15-17-13(5)12(4)16(19)18-15/h6-10,12-13,15,17H,2H2,1,3-5H3,(H,18,19). The third kappa shape index (κ3) is 4.87. The second-order valence-corrected chi connectivity index (χ2v) is 5.08. The van der Waals surface area contributed by atoms with Gasteiger partial charge >= 0.3 is 0 Å². The minimum atomic E-state index is -0.113. The largest absolute Gasteiger partial charge is 0.337 e. The summed E-state index contributed by atoms with van der Waals surface area (Å²) in [5, 5.41) is 6.29. The molecule has 3 unspecified atom stereocenters. The molecule has 1 amide bonds. The fourth-order valence-electron chi connectivity index (χ4n) is 1.92. The fraction of sp³-hybridized carbons (Fsp3) is 0.438. The molecule has 0 radical (unpaired) electrons. The van der Waals surface area contributed by atoms with Gasteiger partial charge in [-0.05, 0) is 32.4 Å². The predicted molar refractivity (Wildman–Crippen MR) is 80.5 cm³/mol. The fourth-order valence-corrected chi connectivity index (χ4v) is 1.92. The van der Waals surface area contributed by atoms with Crippen LogP contribution < -0.4 is 10.6 Å². The molecule has 1 rings (SSSR count). The van der Waals surface area contributed by atoms with Crippen molar-refractivity contribution in [2.75, 3.05) is 0 Å². The minimum absolute atomic E-state index is 0.00520. The SMILES string of the molecule is C=C(C)C=C(C=CC)C=CC1NC(=O)C(C)C(C)N1. The molecule has 3 nitrogen and oxygen atoms in total.